The predicted octanol–water partition coefficient (Wildman–Crippen LogP) is 2.79. The van der Waals surface area contributed by atoms with Crippen LogP contribution in [0.4, 0.5) is 0 Å². The molecule has 0 spiro atoms. The molecule has 1 aliphatic heterocycles. The third kappa shape index (κ3) is 3.87. The maximum absolute atomic E-state index is 12.1. The third-order valence-electron chi connectivity index (χ3n) is 3.40. The molecular weight excluding hydrogens is 278 g/mol. The fourth-order valence-electron chi connectivity index (χ4n) is 2.22. The molecule has 1 heterocycles. The molecule has 5 heteroatoms. The van der Waals surface area contributed by atoms with Crippen molar-refractivity contribution in [2.24, 2.45) is 0 Å². The van der Waals surface area contributed by atoms with E-state index < -0.39 is 6.10 Å². The molecular formula is C15H20ClNO3. The van der Waals surface area contributed by atoms with Crippen LogP contribution in [0.2, 0.25) is 5.02 Å². The molecule has 1 aliphatic rings. The monoisotopic (exact) mass is 297 g/mol. The molecule has 1 saturated heterocycles. The van der Waals surface area contributed by atoms with E-state index in [-0.39, 0.29) is 18.1 Å². The number of amides is 1. The zero-order chi connectivity index (χ0) is 14.5. The van der Waals surface area contributed by atoms with E-state index in [0.29, 0.717) is 10.8 Å². The van der Waals surface area contributed by atoms with Gasteiger partial charge in [-0.2, -0.15) is 0 Å². The maximum Gasteiger partial charge on any atom is 0.261 e. The second kappa shape index (κ2) is 6.95. The fourth-order valence-corrected chi connectivity index (χ4v) is 2.40. The Bertz CT molecular complexity index is 460. The van der Waals surface area contributed by atoms with Gasteiger partial charge < -0.3 is 14.8 Å². The number of para-hydroxylation sites is 1. The second-order valence-electron chi connectivity index (χ2n) is 5.04. The highest BCUT2D eigenvalue weighted by molar-refractivity contribution is 6.32. The molecule has 1 fully saturated rings. The van der Waals surface area contributed by atoms with Gasteiger partial charge in [-0.3, -0.25) is 4.79 Å². The lowest BCUT2D eigenvalue weighted by Crippen LogP contribution is -2.46. The molecule has 1 aromatic rings. The summed E-state index contributed by atoms with van der Waals surface area (Å²) in [7, 11) is 0. The number of benzene rings is 1. The summed E-state index contributed by atoms with van der Waals surface area (Å²) in [5.41, 5.74) is 0. The van der Waals surface area contributed by atoms with Crippen LogP contribution in [0.5, 0.6) is 5.75 Å². The zero-order valence-corrected chi connectivity index (χ0v) is 12.5. The number of carbonyl (C=O) groups excluding carboxylic acids is 1. The molecule has 0 aromatic heterocycles. The Kier molecular flexibility index (Phi) is 5.26. The zero-order valence-electron chi connectivity index (χ0n) is 11.8. The molecule has 1 N–H and O–H groups in total. The Balaban J connectivity index is 1.87. The molecule has 4 nitrogen and oxygen atoms in total. The minimum atomic E-state index is -0.598. The van der Waals surface area contributed by atoms with E-state index in [1.807, 2.05) is 19.1 Å². The normalized spacial score (nSPS) is 21.2. The molecule has 2 rings (SSSR count). The van der Waals surface area contributed by atoms with Crippen molar-refractivity contribution in [3.8, 4) is 5.75 Å². The molecule has 0 radical (unpaired) electrons. The van der Waals surface area contributed by atoms with E-state index in [9.17, 15) is 4.79 Å². The summed E-state index contributed by atoms with van der Waals surface area (Å²) in [6.45, 7) is 4.44. The molecule has 3 atom stereocenters. The van der Waals surface area contributed by atoms with Gasteiger partial charge in [0, 0.05) is 6.61 Å². The number of rotatable bonds is 5. The lowest BCUT2D eigenvalue weighted by molar-refractivity contribution is -0.128. The first kappa shape index (κ1) is 15.1. The quantitative estimate of drug-likeness (QED) is 0.909. The Morgan fingerprint density at radius 2 is 2.20 bits per heavy atom. The van der Waals surface area contributed by atoms with Crippen molar-refractivity contribution in [3.05, 3.63) is 29.3 Å². The molecule has 0 saturated carbocycles. The average Bonchev–Trinajstić information content (AvgIpc) is 2.95. The summed E-state index contributed by atoms with van der Waals surface area (Å²) in [4.78, 5) is 12.1. The van der Waals surface area contributed by atoms with Crippen LogP contribution in [0.25, 0.3) is 0 Å². The number of carbonyl (C=O) groups is 1. The highest BCUT2D eigenvalue weighted by Crippen LogP contribution is 2.24. The van der Waals surface area contributed by atoms with Crippen LogP contribution in [0.3, 0.4) is 0 Å². The summed E-state index contributed by atoms with van der Waals surface area (Å²) >= 11 is 6.01. The van der Waals surface area contributed by atoms with Gasteiger partial charge in [0.25, 0.3) is 5.91 Å². The first-order valence-corrected chi connectivity index (χ1v) is 7.29. The van der Waals surface area contributed by atoms with E-state index in [4.69, 9.17) is 21.1 Å². The van der Waals surface area contributed by atoms with Gasteiger partial charge >= 0.3 is 0 Å². The van der Waals surface area contributed by atoms with Gasteiger partial charge in [0.1, 0.15) is 5.75 Å². The van der Waals surface area contributed by atoms with Gasteiger partial charge in [-0.05, 0) is 38.8 Å². The van der Waals surface area contributed by atoms with Gasteiger partial charge in [0.15, 0.2) is 6.10 Å². The molecule has 1 amide bonds. The van der Waals surface area contributed by atoms with E-state index in [1.54, 1.807) is 19.1 Å². The van der Waals surface area contributed by atoms with Crippen LogP contribution in [0, 0.1) is 0 Å². The summed E-state index contributed by atoms with van der Waals surface area (Å²) in [6.07, 6.45) is 1.54. The van der Waals surface area contributed by atoms with Gasteiger partial charge in [0.05, 0.1) is 17.2 Å². The van der Waals surface area contributed by atoms with Crippen molar-refractivity contribution in [3.63, 3.8) is 0 Å². The number of hydrogen-bond acceptors (Lipinski definition) is 3. The van der Waals surface area contributed by atoms with Gasteiger partial charge in [-0.15, -0.1) is 0 Å². The standard InChI is InChI=1S/C15H20ClNO3/c1-10(13-8-5-9-19-13)17-15(18)11(2)20-14-7-4-3-6-12(14)16/h3-4,6-7,10-11,13H,5,8-9H2,1-2H3,(H,17,18). The predicted molar refractivity (Wildman–Crippen MR) is 78.1 cm³/mol. The number of halogens is 1. The van der Waals surface area contributed by atoms with Crippen LogP contribution in [0.1, 0.15) is 26.7 Å². The maximum atomic E-state index is 12.1. The van der Waals surface area contributed by atoms with Crippen molar-refractivity contribution in [2.75, 3.05) is 6.61 Å². The van der Waals surface area contributed by atoms with E-state index >= 15 is 0 Å². The van der Waals surface area contributed by atoms with Crippen molar-refractivity contribution in [1.29, 1.82) is 0 Å². The first-order chi connectivity index (χ1) is 9.58. The van der Waals surface area contributed by atoms with E-state index in [2.05, 4.69) is 5.32 Å². The van der Waals surface area contributed by atoms with Gasteiger partial charge in [0.2, 0.25) is 0 Å². The first-order valence-electron chi connectivity index (χ1n) is 6.91. The number of hydrogen-bond donors (Lipinski definition) is 1. The van der Waals surface area contributed by atoms with Gasteiger partial charge in [-0.1, -0.05) is 23.7 Å². The van der Waals surface area contributed by atoms with Crippen LogP contribution < -0.4 is 10.1 Å². The van der Waals surface area contributed by atoms with Crippen LogP contribution in [0.15, 0.2) is 24.3 Å². The number of ether oxygens (including phenoxy) is 2. The van der Waals surface area contributed by atoms with Crippen LogP contribution in [-0.4, -0.2) is 30.8 Å². The molecule has 20 heavy (non-hydrogen) atoms. The van der Waals surface area contributed by atoms with Crippen LogP contribution >= 0.6 is 11.6 Å². The van der Waals surface area contributed by atoms with Crippen molar-refractivity contribution in [1.82, 2.24) is 5.32 Å². The second-order valence-corrected chi connectivity index (χ2v) is 5.45. The lowest BCUT2D eigenvalue weighted by atomic mass is 10.1. The molecule has 0 bridgehead atoms. The Hall–Kier alpha value is -1.26. The summed E-state index contributed by atoms with van der Waals surface area (Å²) in [6, 6.07) is 7.11. The number of nitrogens with one attached hydrogen (secondary N) is 1. The smallest absolute Gasteiger partial charge is 0.261 e. The van der Waals surface area contributed by atoms with E-state index in [1.165, 1.54) is 0 Å². The van der Waals surface area contributed by atoms with Crippen molar-refractivity contribution >= 4 is 17.5 Å². The van der Waals surface area contributed by atoms with Crippen molar-refractivity contribution < 1.29 is 14.3 Å². The minimum Gasteiger partial charge on any atom is -0.479 e. The lowest BCUT2D eigenvalue weighted by Gasteiger charge is -2.22. The van der Waals surface area contributed by atoms with E-state index in [0.717, 1.165) is 19.4 Å². The molecule has 0 aliphatic carbocycles. The molecule has 1 aromatic carbocycles. The largest absolute Gasteiger partial charge is 0.479 e. The Morgan fingerprint density at radius 3 is 2.85 bits per heavy atom. The summed E-state index contributed by atoms with van der Waals surface area (Å²) in [5.74, 6) is 0.356. The third-order valence-corrected chi connectivity index (χ3v) is 3.71. The summed E-state index contributed by atoms with van der Waals surface area (Å²) < 4.78 is 11.1. The molecule has 3 unspecified atom stereocenters. The topological polar surface area (TPSA) is 47.6 Å². The summed E-state index contributed by atoms with van der Waals surface area (Å²) in [5, 5.41) is 3.43. The average molecular weight is 298 g/mol. The molecule has 110 valence electrons. The van der Waals surface area contributed by atoms with Gasteiger partial charge in [-0.25, -0.2) is 0 Å². The SMILES string of the molecule is CC(Oc1ccccc1Cl)C(=O)NC(C)C1CCCO1. The highest BCUT2D eigenvalue weighted by atomic mass is 35.5. The Morgan fingerprint density at radius 1 is 1.45 bits per heavy atom. The minimum absolute atomic E-state index is 0.0118. The Labute approximate surface area is 124 Å². The highest BCUT2D eigenvalue weighted by Gasteiger charge is 2.26. The fraction of sp³-hybridized carbons (Fsp3) is 0.533. The van der Waals surface area contributed by atoms with Crippen molar-refractivity contribution in [2.45, 2.75) is 44.9 Å². The van der Waals surface area contributed by atoms with Crippen LogP contribution in [-0.2, 0) is 9.53 Å².